The number of nitrogen functional groups attached to an aromatic ring is 1. The van der Waals surface area contributed by atoms with Gasteiger partial charge in [-0.15, -0.1) is 0 Å². The summed E-state index contributed by atoms with van der Waals surface area (Å²) in [4.78, 5) is 0. The van der Waals surface area contributed by atoms with Gasteiger partial charge in [-0.05, 0) is 32.4 Å². The molecule has 0 aliphatic carbocycles. The van der Waals surface area contributed by atoms with Gasteiger partial charge in [-0.3, -0.25) is 4.68 Å². The van der Waals surface area contributed by atoms with Crippen LogP contribution in [-0.2, 0) is 7.05 Å². The van der Waals surface area contributed by atoms with Crippen molar-refractivity contribution >= 4 is 5.69 Å². The average Bonchev–Trinajstić information content (AvgIpc) is 2.51. The van der Waals surface area contributed by atoms with Gasteiger partial charge in [-0.25, -0.2) is 0 Å². The molecule has 2 N–H and O–H groups in total. The maximum absolute atomic E-state index is 5.99. The Morgan fingerprint density at radius 3 is 2.53 bits per heavy atom. The highest BCUT2D eigenvalue weighted by atomic mass is 16.5. The number of hydrogen-bond donors (Lipinski definition) is 1. The molecule has 0 fully saturated rings. The minimum atomic E-state index is 0.676. The third-order valence-corrected chi connectivity index (χ3v) is 2.94. The summed E-state index contributed by atoms with van der Waals surface area (Å²) in [5, 5.41) is 4.31. The third-order valence-electron chi connectivity index (χ3n) is 2.94. The number of aromatic nitrogens is 2. The molecule has 0 radical (unpaired) electrons. The Morgan fingerprint density at radius 1 is 1.24 bits per heavy atom. The summed E-state index contributed by atoms with van der Waals surface area (Å²) >= 11 is 0. The van der Waals surface area contributed by atoms with E-state index >= 15 is 0 Å². The first-order valence-corrected chi connectivity index (χ1v) is 5.54. The second-order valence-electron chi connectivity index (χ2n) is 4.21. The smallest absolute Gasteiger partial charge is 0.171 e. The Morgan fingerprint density at radius 2 is 1.94 bits per heavy atom. The molecule has 0 saturated carbocycles. The van der Waals surface area contributed by atoms with E-state index < -0.39 is 0 Å². The van der Waals surface area contributed by atoms with Crippen LogP contribution in [0.2, 0.25) is 0 Å². The van der Waals surface area contributed by atoms with E-state index in [0.29, 0.717) is 11.4 Å². The molecule has 0 aliphatic rings. The molecule has 2 rings (SSSR count). The van der Waals surface area contributed by atoms with Crippen LogP contribution in [0.3, 0.4) is 0 Å². The van der Waals surface area contributed by atoms with Crippen LogP contribution in [0.4, 0.5) is 5.69 Å². The number of ether oxygens (including phenoxy) is 1. The van der Waals surface area contributed by atoms with Crippen LogP contribution in [-0.4, -0.2) is 9.78 Å². The highest BCUT2D eigenvalue weighted by Crippen LogP contribution is 2.32. The SMILES string of the molecule is Cc1cccc(Oc2c(C)nn(C)c2C)c1N. The predicted octanol–water partition coefficient (Wildman–Crippen LogP) is 2.72. The van der Waals surface area contributed by atoms with Crippen LogP contribution in [0.15, 0.2) is 18.2 Å². The zero-order valence-corrected chi connectivity index (χ0v) is 10.6. The number of nitrogens with two attached hydrogens (primary N) is 1. The van der Waals surface area contributed by atoms with Gasteiger partial charge in [-0.2, -0.15) is 5.10 Å². The third kappa shape index (κ3) is 1.98. The first-order chi connectivity index (χ1) is 8.00. The summed E-state index contributed by atoms with van der Waals surface area (Å²) in [5.41, 5.74) is 9.53. The molecule has 17 heavy (non-hydrogen) atoms. The van der Waals surface area contributed by atoms with Crippen molar-refractivity contribution in [2.75, 3.05) is 5.73 Å². The van der Waals surface area contributed by atoms with Gasteiger partial charge in [0.1, 0.15) is 5.69 Å². The zero-order valence-electron chi connectivity index (χ0n) is 10.6. The summed E-state index contributed by atoms with van der Waals surface area (Å²) in [6.45, 7) is 5.86. The van der Waals surface area contributed by atoms with Crippen LogP contribution in [0, 0.1) is 20.8 Å². The lowest BCUT2D eigenvalue weighted by Gasteiger charge is -2.10. The zero-order chi connectivity index (χ0) is 12.6. The molecular weight excluding hydrogens is 214 g/mol. The molecule has 4 nitrogen and oxygen atoms in total. The van der Waals surface area contributed by atoms with Crippen molar-refractivity contribution in [2.24, 2.45) is 7.05 Å². The second kappa shape index (κ2) is 4.13. The minimum absolute atomic E-state index is 0.676. The Kier molecular flexibility index (Phi) is 2.79. The average molecular weight is 231 g/mol. The molecule has 0 bridgehead atoms. The van der Waals surface area contributed by atoms with Crippen LogP contribution < -0.4 is 10.5 Å². The van der Waals surface area contributed by atoms with E-state index in [2.05, 4.69) is 5.10 Å². The number of benzene rings is 1. The number of para-hydroxylation sites is 1. The molecule has 0 aliphatic heterocycles. The van der Waals surface area contributed by atoms with Gasteiger partial charge in [0.15, 0.2) is 11.5 Å². The van der Waals surface area contributed by atoms with E-state index in [0.717, 1.165) is 22.7 Å². The first kappa shape index (κ1) is 11.5. The molecule has 0 saturated heterocycles. The first-order valence-electron chi connectivity index (χ1n) is 5.54. The normalized spacial score (nSPS) is 10.6. The van der Waals surface area contributed by atoms with E-state index in [-0.39, 0.29) is 0 Å². The van der Waals surface area contributed by atoms with Crippen molar-refractivity contribution in [3.63, 3.8) is 0 Å². The van der Waals surface area contributed by atoms with Gasteiger partial charge in [0.05, 0.1) is 11.4 Å². The van der Waals surface area contributed by atoms with E-state index in [1.54, 1.807) is 4.68 Å². The van der Waals surface area contributed by atoms with Gasteiger partial charge in [0, 0.05) is 7.05 Å². The van der Waals surface area contributed by atoms with Crippen LogP contribution in [0.1, 0.15) is 17.0 Å². The fraction of sp³-hybridized carbons (Fsp3) is 0.308. The van der Waals surface area contributed by atoms with Crippen LogP contribution >= 0.6 is 0 Å². The summed E-state index contributed by atoms with van der Waals surface area (Å²) in [7, 11) is 1.90. The van der Waals surface area contributed by atoms with E-state index in [1.807, 2.05) is 46.0 Å². The quantitative estimate of drug-likeness (QED) is 0.808. The van der Waals surface area contributed by atoms with Gasteiger partial charge in [0.2, 0.25) is 0 Å². The van der Waals surface area contributed by atoms with Crippen LogP contribution in [0.5, 0.6) is 11.5 Å². The number of rotatable bonds is 2. The lowest BCUT2D eigenvalue weighted by molar-refractivity contribution is 0.476. The lowest BCUT2D eigenvalue weighted by atomic mass is 10.2. The Balaban J connectivity index is 2.41. The number of anilines is 1. The standard InChI is InChI=1S/C13H17N3O/c1-8-6-5-7-11(12(8)14)17-13-9(2)15-16(4)10(13)3/h5-7H,14H2,1-4H3. The Hall–Kier alpha value is -1.97. The molecule has 4 heteroatoms. The highest BCUT2D eigenvalue weighted by Gasteiger charge is 2.13. The van der Waals surface area contributed by atoms with E-state index in [1.165, 1.54) is 0 Å². The van der Waals surface area contributed by atoms with Gasteiger partial charge >= 0.3 is 0 Å². The molecule has 1 aromatic heterocycles. The largest absolute Gasteiger partial charge is 0.451 e. The minimum Gasteiger partial charge on any atom is -0.451 e. The van der Waals surface area contributed by atoms with Crippen molar-refractivity contribution in [1.29, 1.82) is 0 Å². The van der Waals surface area contributed by atoms with Crippen molar-refractivity contribution in [1.82, 2.24) is 9.78 Å². The lowest BCUT2D eigenvalue weighted by Crippen LogP contribution is -1.96. The summed E-state index contributed by atoms with van der Waals surface area (Å²) in [6, 6.07) is 5.77. The maximum Gasteiger partial charge on any atom is 0.171 e. The Labute approximate surface area is 101 Å². The van der Waals surface area contributed by atoms with Crippen molar-refractivity contribution < 1.29 is 4.74 Å². The molecule has 2 aromatic rings. The topological polar surface area (TPSA) is 53.1 Å². The van der Waals surface area contributed by atoms with Gasteiger partial charge < -0.3 is 10.5 Å². The molecular formula is C13H17N3O. The van der Waals surface area contributed by atoms with Crippen molar-refractivity contribution in [3.8, 4) is 11.5 Å². The number of aryl methyl sites for hydroxylation is 3. The Bertz CT molecular complexity index is 558. The summed E-state index contributed by atoms with van der Waals surface area (Å²) < 4.78 is 7.67. The molecule has 0 amide bonds. The molecule has 0 unspecified atom stereocenters. The summed E-state index contributed by atoms with van der Waals surface area (Å²) in [5.74, 6) is 1.47. The molecule has 0 spiro atoms. The number of hydrogen-bond acceptors (Lipinski definition) is 3. The molecule has 0 atom stereocenters. The fourth-order valence-corrected chi connectivity index (χ4v) is 1.75. The number of nitrogens with zero attached hydrogens (tertiary/aromatic N) is 2. The van der Waals surface area contributed by atoms with E-state index in [9.17, 15) is 0 Å². The second-order valence-corrected chi connectivity index (χ2v) is 4.21. The van der Waals surface area contributed by atoms with Crippen molar-refractivity contribution in [3.05, 3.63) is 35.2 Å². The highest BCUT2D eigenvalue weighted by molar-refractivity contribution is 5.59. The van der Waals surface area contributed by atoms with Gasteiger partial charge in [0.25, 0.3) is 0 Å². The molecule has 90 valence electrons. The van der Waals surface area contributed by atoms with Crippen molar-refractivity contribution in [2.45, 2.75) is 20.8 Å². The predicted molar refractivity (Wildman–Crippen MR) is 68.3 cm³/mol. The molecule has 1 aromatic carbocycles. The van der Waals surface area contributed by atoms with Crippen LogP contribution in [0.25, 0.3) is 0 Å². The molecule has 1 heterocycles. The summed E-state index contributed by atoms with van der Waals surface area (Å²) in [6.07, 6.45) is 0. The monoisotopic (exact) mass is 231 g/mol. The van der Waals surface area contributed by atoms with E-state index in [4.69, 9.17) is 10.5 Å². The van der Waals surface area contributed by atoms with Gasteiger partial charge in [-0.1, -0.05) is 12.1 Å². The fourth-order valence-electron chi connectivity index (χ4n) is 1.75. The maximum atomic E-state index is 5.99.